The zero-order chi connectivity index (χ0) is 22.5. The molecule has 1 N–H and O–H groups in total. The summed E-state index contributed by atoms with van der Waals surface area (Å²) in [7, 11) is 1.52. The number of benzene rings is 2. The standard InChI is InChI=1S/C24H22N4O3S/c1-4-16-5-8-19(9-6-16)31-22-10-7-18(11-20(22)15(2)29)27-24-28-21(14-32-24)17-12-25-23(30-3)26-13-17/h5-14H,4H2,1-3H3,(H,27,28). The molecular formula is C24H22N4O3S. The first-order chi connectivity index (χ1) is 15.6. The zero-order valence-corrected chi connectivity index (χ0v) is 18.8. The maximum absolute atomic E-state index is 12.3. The summed E-state index contributed by atoms with van der Waals surface area (Å²) in [4.78, 5) is 25.1. The monoisotopic (exact) mass is 446 g/mol. The van der Waals surface area contributed by atoms with Gasteiger partial charge in [0.2, 0.25) is 0 Å². The Kier molecular flexibility index (Phi) is 6.42. The van der Waals surface area contributed by atoms with Crippen LogP contribution in [0.3, 0.4) is 0 Å². The number of hydrogen-bond acceptors (Lipinski definition) is 8. The number of ether oxygens (including phenoxy) is 2. The van der Waals surface area contributed by atoms with Crippen LogP contribution in [0.2, 0.25) is 0 Å². The van der Waals surface area contributed by atoms with Crippen molar-refractivity contribution in [3.63, 3.8) is 0 Å². The van der Waals surface area contributed by atoms with Crippen LogP contribution in [0.15, 0.2) is 60.2 Å². The van der Waals surface area contributed by atoms with Crippen molar-refractivity contribution in [1.82, 2.24) is 15.0 Å². The SMILES string of the molecule is CCc1ccc(Oc2ccc(Nc3nc(-c4cnc(OC)nc4)cs3)cc2C(C)=O)cc1. The van der Waals surface area contributed by atoms with Crippen LogP contribution in [0.1, 0.15) is 29.8 Å². The highest BCUT2D eigenvalue weighted by atomic mass is 32.1. The number of Topliss-reactive ketones (excluding diaryl/α,β-unsaturated/α-hetero) is 1. The lowest BCUT2D eigenvalue weighted by Gasteiger charge is -2.12. The summed E-state index contributed by atoms with van der Waals surface area (Å²) < 4.78 is 11.0. The molecule has 2 heterocycles. The topological polar surface area (TPSA) is 86.2 Å². The Bertz CT molecular complexity index is 1220. The van der Waals surface area contributed by atoms with Crippen LogP contribution in [0, 0.1) is 0 Å². The van der Waals surface area contributed by atoms with Crippen LogP contribution in [0.4, 0.5) is 10.8 Å². The number of carbonyl (C=O) groups is 1. The van der Waals surface area contributed by atoms with Crippen molar-refractivity contribution in [3.05, 3.63) is 71.4 Å². The molecule has 32 heavy (non-hydrogen) atoms. The smallest absolute Gasteiger partial charge is 0.316 e. The number of hydrogen-bond donors (Lipinski definition) is 1. The molecule has 162 valence electrons. The van der Waals surface area contributed by atoms with Gasteiger partial charge in [0.1, 0.15) is 11.5 Å². The Morgan fingerprint density at radius 1 is 1.09 bits per heavy atom. The number of nitrogens with zero attached hydrogens (tertiary/aromatic N) is 3. The molecule has 0 saturated heterocycles. The van der Waals surface area contributed by atoms with Crippen molar-refractivity contribution in [2.24, 2.45) is 0 Å². The summed E-state index contributed by atoms with van der Waals surface area (Å²) in [6, 6.07) is 13.6. The van der Waals surface area contributed by atoms with Crippen molar-refractivity contribution in [2.45, 2.75) is 20.3 Å². The normalized spacial score (nSPS) is 10.6. The van der Waals surface area contributed by atoms with Gasteiger partial charge in [-0.15, -0.1) is 11.3 Å². The van der Waals surface area contributed by atoms with E-state index in [0.717, 1.165) is 23.4 Å². The molecule has 8 heteroatoms. The Morgan fingerprint density at radius 3 is 2.50 bits per heavy atom. The number of aryl methyl sites for hydroxylation is 1. The largest absolute Gasteiger partial charge is 0.467 e. The number of anilines is 2. The number of nitrogens with one attached hydrogen (secondary N) is 1. The second-order valence-electron chi connectivity index (χ2n) is 6.99. The van der Waals surface area contributed by atoms with Gasteiger partial charge in [0.05, 0.1) is 18.4 Å². The van der Waals surface area contributed by atoms with Gasteiger partial charge in [0.25, 0.3) is 0 Å². The highest BCUT2D eigenvalue weighted by Crippen LogP contribution is 2.31. The molecule has 0 bridgehead atoms. The average molecular weight is 447 g/mol. The summed E-state index contributed by atoms with van der Waals surface area (Å²) in [6.45, 7) is 3.63. The average Bonchev–Trinajstić information content (AvgIpc) is 3.29. The number of carbonyl (C=O) groups excluding carboxylic acids is 1. The predicted molar refractivity (Wildman–Crippen MR) is 125 cm³/mol. The Morgan fingerprint density at radius 2 is 1.84 bits per heavy atom. The highest BCUT2D eigenvalue weighted by Gasteiger charge is 2.13. The number of ketones is 1. The number of thiazole rings is 1. The number of methoxy groups -OCH3 is 1. The van der Waals surface area contributed by atoms with E-state index in [4.69, 9.17) is 9.47 Å². The van der Waals surface area contributed by atoms with Gasteiger partial charge >= 0.3 is 6.01 Å². The van der Waals surface area contributed by atoms with E-state index in [-0.39, 0.29) is 5.78 Å². The predicted octanol–water partition coefficient (Wildman–Crippen LogP) is 5.91. The van der Waals surface area contributed by atoms with Crippen LogP contribution in [-0.2, 0) is 6.42 Å². The van der Waals surface area contributed by atoms with Crippen molar-refractivity contribution < 1.29 is 14.3 Å². The maximum Gasteiger partial charge on any atom is 0.316 e. The minimum Gasteiger partial charge on any atom is -0.467 e. The van der Waals surface area contributed by atoms with Crippen molar-refractivity contribution in [2.75, 3.05) is 12.4 Å². The van der Waals surface area contributed by atoms with E-state index in [9.17, 15) is 4.79 Å². The molecule has 0 spiro atoms. The minimum absolute atomic E-state index is 0.0796. The molecule has 2 aromatic heterocycles. The summed E-state index contributed by atoms with van der Waals surface area (Å²) in [5.74, 6) is 1.13. The Hall–Kier alpha value is -3.78. The third-order valence-electron chi connectivity index (χ3n) is 4.78. The van der Waals surface area contributed by atoms with Crippen LogP contribution in [0.25, 0.3) is 11.3 Å². The van der Waals surface area contributed by atoms with E-state index < -0.39 is 0 Å². The van der Waals surface area contributed by atoms with Crippen molar-refractivity contribution in [1.29, 1.82) is 0 Å². The van der Waals surface area contributed by atoms with Crippen molar-refractivity contribution in [3.8, 4) is 28.8 Å². The second-order valence-corrected chi connectivity index (χ2v) is 7.85. The maximum atomic E-state index is 12.3. The Balaban J connectivity index is 1.52. The quantitative estimate of drug-likeness (QED) is 0.337. The molecule has 4 rings (SSSR count). The van der Waals surface area contributed by atoms with Crippen LogP contribution in [0.5, 0.6) is 17.5 Å². The van der Waals surface area contributed by atoms with Gasteiger partial charge in [0, 0.05) is 29.0 Å². The summed E-state index contributed by atoms with van der Waals surface area (Å²) in [5, 5.41) is 5.85. The fourth-order valence-corrected chi connectivity index (χ4v) is 3.77. The lowest BCUT2D eigenvalue weighted by atomic mass is 10.1. The lowest BCUT2D eigenvalue weighted by molar-refractivity contribution is 0.101. The third kappa shape index (κ3) is 4.92. The van der Waals surface area contributed by atoms with Crippen LogP contribution < -0.4 is 14.8 Å². The lowest BCUT2D eigenvalue weighted by Crippen LogP contribution is -1.99. The minimum atomic E-state index is -0.0796. The molecule has 0 aliphatic rings. The molecule has 0 saturated carbocycles. The van der Waals surface area contributed by atoms with E-state index in [1.807, 2.05) is 35.7 Å². The van der Waals surface area contributed by atoms with Crippen molar-refractivity contribution >= 4 is 27.9 Å². The molecular weight excluding hydrogens is 424 g/mol. The number of aromatic nitrogens is 3. The molecule has 0 aliphatic carbocycles. The van der Waals surface area contributed by atoms with Gasteiger partial charge in [-0.1, -0.05) is 19.1 Å². The Labute approximate surface area is 190 Å². The van der Waals surface area contributed by atoms with Gasteiger partial charge in [-0.05, 0) is 49.2 Å². The van der Waals surface area contributed by atoms with E-state index in [0.29, 0.717) is 28.2 Å². The van der Waals surface area contributed by atoms with Crippen LogP contribution in [-0.4, -0.2) is 27.8 Å². The molecule has 4 aromatic rings. The first-order valence-corrected chi connectivity index (χ1v) is 10.9. The molecule has 0 radical (unpaired) electrons. The second kappa shape index (κ2) is 9.57. The fourth-order valence-electron chi connectivity index (χ4n) is 3.03. The van der Waals surface area contributed by atoms with E-state index in [2.05, 4.69) is 27.2 Å². The van der Waals surface area contributed by atoms with Gasteiger partial charge < -0.3 is 14.8 Å². The zero-order valence-electron chi connectivity index (χ0n) is 18.0. The molecule has 0 fully saturated rings. The summed E-state index contributed by atoms with van der Waals surface area (Å²) >= 11 is 1.45. The van der Waals surface area contributed by atoms with Gasteiger partial charge in [0.15, 0.2) is 10.9 Å². The van der Waals surface area contributed by atoms with Crippen LogP contribution >= 0.6 is 11.3 Å². The van der Waals surface area contributed by atoms with Gasteiger partial charge in [-0.25, -0.2) is 15.0 Å². The van der Waals surface area contributed by atoms with E-state index in [1.54, 1.807) is 24.5 Å². The molecule has 7 nitrogen and oxygen atoms in total. The molecule has 2 aromatic carbocycles. The van der Waals surface area contributed by atoms with Gasteiger partial charge in [-0.3, -0.25) is 4.79 Å². The summed E-state index contributed by atoms with van der Waals surface area (Å²) in [5.41, 5.74) is 4.01. The molecule has 0 atom stereocenters. The molecule has 0 aliphatic heterocycles. The first-order valence-electron chi connectivity index (χ1n) is 10.1. The first kappa shape index (κ1) is 21.5. The number of rotatable bonds is 8. The molecule has 0 amide bonds. The molecule has 0 unspecified atom stereocenters. The highest BCUT2D eigenvalue weighted by molar-refractivity contribution is 7.14. The van der Waals surface area contributed by atoms with E-state index >= 15 is 0 Å². The van der Waals surface area contributed by atoms with E-state index in [1.165, 1.54) is 30.9 Å². The van der Waals surface area contributed by atoms with Gasteiger partial charge in [-0.2, -0.15) is 0 Å². The summed E-state index contributed by atoms with van der Waals surface area (Å²) in [6.07, 6.45) is 4.29. The fraction of sp³-hybridized carbons (Fsp3) is 0.167. The third-order valence-corrected chi connectivity index (χ3v) is 5.54.